The summed E-state index contributed by atoms with van der Waals surface area (Å²) in [5.41, 5.74) is 0.167. The molecule has 0 aliphatic heterocycles. The maximum atomic E-state index is 10.3. The van der Waals surface area contributed by atoms with E-state index >= 15 is 0 Å². The molecule has 5 heteroatoms. The Morgan fingerprint density at radius 1 is 1.00 bits per heavy atom. The first-order valence-electron chi connectivity index (χ1n) is 3.99. The van der Waals surface area contributed by atoms with Gasteiger partial charge >= 0.3 is 11.9 Å². The van der Waals surface area contributed by atoms with E-state index < -0.39 is 11.9 Å². The Morgan fingerprint density at radius 3 is 1.33 bits per heavy atom. The summed E-state index contributed by atoms with van der Waals surface area (Å²) >= 11 is 0. The summed E-state index contributed by atoms with van der Waals surface area (Å²) in [4.78, 5) is 29.5. The summed E-state index contributed by atoms with van der Waals surface area (Å²) < 4.78 is 0. The van der Waals surface area contributed by atoms with Crippen molar-refractivity contribution in [3.05, 3.63) is 35.4 Å². The van der Waals surface area contributed by atoms with Crippen LogP contribution in [-0.2, 0) is 4.79 Å². The lowest BCUT2D eigenvalue weighted by Gasteiger charge is -1.94. The Bertz CT molecular complexity index is 320. The number of carboxylic acid groups (broad SMARTS) is 2. The molecule has 1 aromatic rings. The Morgan fingerprint density at radius 2 is 1.20 bits per heavy atom. The lowest BCUT2D eigenvalue weighted by Crippen LogP contribution is -1.99. The summed E-state index contributed by atoms with van der Waals surface area (Å²) in [7, 11) is 0. The summed E-state index contributed by atoms with van der Waals surface area (Å²) in [6.45, 7) is 1.44. The van der Waals surface area contributed by atoms with Crippen LogP contribution in [0.5, 0.6) is 0 Å². The molecule has 5 nitrogen and oxygen atoms in total. The van der Waals surface area contributed by atoms with Gasteiger partial charge < -0.3 is 15.0 Å². The zero-order valence-corrected chi connectivity index (χ0v) is 8.01. The predicted octanol–water partition coefficient (Wildman–Crippen LogP) is 1.29. The van der Waals surface area contributed by atoms with Gasteiger partial charge in [0.25, 0.3) is 0 Å². The lowest BCUT2D eigenvalue weighted by molar-refractivity contribution is -0.106. The van der Waals surface area contributed by atoms with Gasteiger partial charge in [0.1, 0.15) is 6.29 Å². The third kappa shape index (κ3) is 4.56. The average Bonchev–Trinajstić information content (AvgIpc) is 2.19. The van der Waals surface area contributed by atoms with Crippen LogP contribution in [0.3, 0.4) is 0 Å². The summed E-state index contributed by atoms with van der Waals surface area (Å²) in [5.74, 6) is -2.13. The second-order valence-corrected chi connectivity index (χ2v) is 2.42. The molecule has 0 fully saturated rings. The van der Waals surface area contributed by atoms with E-state index in [0.29, 0.717) is 0 Å². The summed E-state index contributed by atoms with van der Waals surface area (Å²) in [6, 6.07) is 5.02. The van der Waals surface area contributed by atoms with E-state index in [1.165, 1.54) is 31.2 Å². The van der Waals surface area contributed by atoms with Crippen molar-refractivity contribution in [2.24, 2.45) is 0 Å². The van der Waals surface area contributed by atoms with Crippen LogP contribution < -0.4 is 0 Å². The number of rotatable bonds is 2. The Kier molecular flexibility index (Phi) is 5.40. The standard InChI is InChI=1S/C8H6O4.C2H4O/c9-7(10)5-1-2-6(4-3-5)8(11)12;1-2-3/h1-4H,(H,9,10)(H,11,12);2H,1H3. The van der Waals surface area contributed by atoms with Crippen LogP contribution in [0.1, 0.15) is 27.6 Å². The molecule has 0 aliphatic rings. The van der Waals surface area contributed by atoms with E-state index in [4.69, 9.17) is 15.0 Å². The Hall–Kier alpha value is -2.17. The molecule has 0 bridgehead atoms. The van der Waals surface area contributed by atoms with Gasteiger partial charge in [0.2, 0.25) is 0 Å². The van der Waals surface area contributed by atoms with Crippen molar-refractivity contribution >= 4 is 18.2 Å². The molecule has 0 atom stereocenters. The number of carbonyl (C=O) groups is 3. The van der Waals surface area contributed by atoms with Crippen molar-refractivity contribution in [1.82, 2.24) is 0 Å². The van der Waals surface area contributed by atoms with Gasteiger partial charge in [0.05, 0.1) is 11.1 Å². The number of benzene rings is 1. The maximum absolute atomic E-state index is 10.3. The van der Waals surface area contributed by atoms with E-state index in [-0.39, 0.29) is 11.1 Å². The molecule has 0 amide bonds. The van der Waals surface area contributed by atoms with Gasteiger partial charge in [-0.05, 0) is 31.2 Å². The highest BCUT2D eigenvalue weighted by atomic mass is 16.4. The van der Waals surface area contributed by atoms with Gasteiger partial charge in [-0.25, -0.2) is 9.59 Å². The second kappa shape index (κ2) is 6.31. The minimum absolute atomic E-state index is 0.0833. The van der Waals surface area contributed by atoms with Crippen LogP contribution >= 0.6 is 0 Å². The van der Waals surface area contributed by atoms with E-state index in [9.17, 15) is 9.59 Å². The van der Waals surface area contributed by atoms with Crippen molar-refractivity contribution in [3.8, 4) is 0 Å². The van der Waals surface area contributed by atoms with Crippen LogP contribution in [0.25, 0.3) is 0 Å². The van der Waals surface area contributed by atoms with Gasteiger partial charge in [0.15, 0.2) is 0 Å². The van der Waals surface area contributed by atoms with Crippen LogP contribution in [0.4, 0.5) is 0 Å². The van der Waals surface area contributed by atoms with Gasteiger partial charge in [0, 0.05) is 0 Å². The van der Waals surface area contributed by atoms with Crippen molar-refractivity contribution < 1.29 is 24.6 Å². The predicted molar refractivity (Wildman–Crippen MR) is 52.1 cm³/mol. The molecule has 0 saturated carbocycles. The summed E-state index contributed by atoms with van der Waals surface area (Å²) in [5, 5.41) is 16.9. The zero-order valence-electron chi connectivity index (χ0n) is 8.01. The van der Waals surface area contributed by atoms with Crippen molar-refractivity contribution in [2.45, 2.75) is 6.92 Å². The number of carbonyl (C=O) groups excluding carboxylic acids is 1. The Labute approximate surface area is 86.0 Å². The Balaban J connectivity index is 0.000000583. The SMILES string of the molecule is CC=O.O=C(O)c1ccc(C(=O)O)cc1. The molecule has 0 aliphatic carbocycles. The monoisotopic (exact) mass is 210 g/mol. The first-order chi connectivity index (χ1) is 7.02. The van der Waals surface area contributed by atoms with Gasteiger partial charge in [-0.2, -0.15) is 0 Å². The topological polar surface area (TPSA) is 91.7 Å². The van der Waals surface area contributed by atoms with E-state index in [0.717, 1.165) is 6.29 Å². The van der Waals surface area contributed by atoms with E-state index in [1.807, 2.05) is 0 Å². The minimum atomic E-state index is -1.06. The van der Waals surface area contributed by atoms with Crippen molar-refractivity contribution in [3.63, 3.8) is 0 Å². The molecule has 1 aromatic carbocycles. The molecule has 80 valence electrons. The first kappa shape index (κ1) is 12.8. The van der Waals surface area contributed by atoms with Gasteiger partial charge in [-0.1, -0.05) is 0 Å². The maximum Gasteiger partial charge on any atom is 0.335 e. The van der Waals surface area contributed by atoms with Crippen LogP contribution in [0.15, 0.2) is 24.3 Å². The van der Waals surface area contributed by atoms with Crippen LogP contribution in [-0.4, -0.2) is 28.4 Å². The third-order valence-corrected chi connectivity index (χ3v) is 1.38. The molecule has 0 spiro atoms. The fourth-order valence-electron chi connectivity index (χ4n) is 0.755. The van der Waals surface area contributed by atoms with Crippen molar-refractivity contribution in [2.75, 3.05) is 0 Å². The molecule has 1 rings (SSSR count). The highest BCUT2D eigenvalue weighted by Gasteiger charge is 2.04. The van der Waals surface area contributed by atoms with Crippen LogP contribution in [0.2, 0.25) is 0 Å². The number of aldehydes is 1. The lowest BCUT2D eigenvalue weighted by atomic mass is 10.1. The first-order valence-corrected chi connectivity index (χ1v) is 3.99. The number of aromatic carboxylic acids is 2. The second-order valence-electron chi connectivity index (χ2n) is 2.42. The average molecular weight is 210 g/mol. The van der Waals surface area contributed by atoms with Crippen LogP contribution in [0, 0.1) is 0 Å². The number of hydrogen-bond acceptors (Lipinski definition) is 3. The van der Waals surface area contributed by atoms with E-state index in [2.05, 4.69) is 0 Å². The molecular weight excluding hydrogens is 200 g/mol. The molecule has 0 unspecified atom stereocenters. The molecule has 15 heavy (non-hydrogen) atoms. The molecule has 2 N–H and O–H groups in total. The van der Waals surface area contributed by atoms with Gasteiger partial charge in [-0.15, -0.1) is 0 Å². The highest BCUT2D eigenvalue weighted by molar-refractivity contribution is 5.91. The highest BCUT2D eigenvalue weighted by Crippen LogP contribution is 2.03. The molecule has 0 heterocycles. The minimum Gasteiger partial charge on any atom is -0.478 e. The largest absolute Gasteiger partial charge is 0.478 e. The number of carboxylic acids is 2. The van der Waals surface area contributed by atoms with E-state index in [1.54, 1.807) is 0 Å². The number of hydrogen-bond donors (Lipinski definition) is 2. The molecular formula is C10H10O5. The van der Waals surface area contributed by atoms with Crippen molar-refractivity contribution in [1.29, 1.82) is 0 Å². The summed E-state index contributed by atoms with van der Waals surface area (Å²) in [6.07, 6.45) is 0.750. The molecule has 0 radical (unpaired) electrons. The normalized spacial score (nSPS) is 8.33. The third-order valence-electron chi connectivity index (χ3n) is 1.38. The fraction of sp³-hybridized carbons (Fsp3) is 0.100. The van der Waals surface area contributed by atoms with Gasteiger partial charge in [-0.3, -0.25) is 0 Å². The zero-order chi connectivity index (χ0) is 11.8. The molecule has 0 aromatic heterocycles. The molecule has 0 saturated heterocycles. The quantitative estimate of drug-likeness (QED) is 0.717. The fourth-order valence-corrected chi connectivity index (χ4v) is 0.755. The smallest absolute Gasteiger partial charge is 0.335 e.